The van der Waals surface area contributed by atoms with Gasteiger partial charge in [-0.1, -0.05) is 47.5 Å². The summed E-state index contributed by atoms with van der Waals surface area (Å²) >= 11 is 12.3. The largest absolute Gasteiger partial charge is 0.368 e. The molecule has 0 saturated carbocycles. The fourth-order valence-electron chi connectivity index (χ4n) is 4.86. The van der Waals surface area contributed by atoms with Gasteiger partial charge in [0.15, 0.2) is 0 Å². The van der Waals surface area contributed by atoms with Crippen LogP contribution in [0.1, 0.15) is 29.9 Å². The number of carbonyl (C=O) groups excluding carboxylic acids is 2. The van der Waals surface area contributed by atoms with Gasteiger partial charge in [-0.15, -0.1) is 0 Å². The van der Waals surface area contributed by atoms with Crippen molar-refractivity contribution in [3.63, 3.8) is 0 Å². The van der Waals surface area contributed by atoms with E-state index in [2.05, 4.69) is 15.2 Å². The van der Waals surface area contributed by atoms with Gasteiger partial charge in [0.25, 0.3) is 0 Å². The van der Waals surface area contributed by atoms with E-state index >= 15 is 0 Å². The summed E-state index contributed by atoms with van der Waals surface area (Å²) < 4.78 is 13.5. The normalized spacial score (nSPS) is 17.2. The Morgan fingerprint density at radius 2 is 1.79 bits per heavy atom. The molecule has 3 aromatic rings. The van der Waals surface area contributed by atoms with Gasteiger partial charge < -0.3 is 11.1 Å². The van der Waals surface area contributed by atoms with E-state index < -0.39 is 11.9 Å². The van der Waals surface area contributed by atoms with Crippen molar-refractivity contribution < 1.29 is 14.0 Å². The molecule has 0 bridgehead atoms. The summed E-state index contributed by atoms with van der Waals surface area (Å²) in [5.74, 6) is -0.913. The topological polar surface area (TPSA) is 91.6 Å². The number of rotatable bonds is 10. The Morgan fingerprint density at radius 1 is 1.05 bits per heavy atom. The van der Waals surface area contributed by atoms with Crippen LogP contribution in [0.15, 0.2) is 67.0 Å². The number of nitrogens with one attached hydrogen (secondary N) is 1. The Bertz CT molecular complexity index is 1230. The number of pyridine rings is 1. The highest BCUT2D eigenvalue weighted by molar-refractivity contribution is 6.39. The molecule has 2 unspecified atom stereocenters. The second kappa shape index (κ2) is 13.2. The predicted octanol–water partition coefficient (Wildman–Crippen LogP) is 4.55. The number of nitrogens with zero attached hydrogens (tertiary/aromatic N) is 3. The van der Waals surface area contributed by atoms with Crippen LogP contribution in [-0.4, -0.2) is 65.4 Å². The summed E-state index contributed by atoms with van der Waals surface area (Å²) in [6.07, 6.45) is 5.15. The van der Waals surface area contributed by atoms with Crippen molar-refractivity contribution in [2.45, 2.75) is 24.8 Å². The Morgan fingerprint density at radius 3 is 2.45 bits per heavy atom. The van der Waals surface area contributed by atoms with E-state index in [-0.39, 0.29) is 24.2 Å². The highest BCUT2D eigenvalue weighted by Crippen LogP contribution is 2.31. The maximum atomic E-state index is 13.5. The first-order valence-electron chi connectivity index (χ1n) is 12.5. The van der Waals surface area contributed by atoms with E-state index in [1.165, 1.54) is 12.1 Å². The number of aromatic nitrogens is 1. The standard InChI is InChI=1S/C28H30Cl2FN5O2/c29-23-6-1-7-24(30)27(23)34-26(37)18-35-14-15-36(25(17-35)28(32)38)13-3-5-22(20-4-2-12-33-16-20)19-8-10-21(31)11-9-19/h1-2,4,6-12,16,22,25H,3,5,13-15,17-18H2,(H2,32,38)(H,34,37). The minimum atomic E-state index is -0.511. The van der Waals surface area contributed by atoms with Crippen molar-refractivity contribution in [2.75, 3.05) is 38.0 Å². The van der Waals surface area contributed by atoms with Crippen LogP contribution in [0.25, 0.3) is 0 Å². The van der Waals surface area contributed by atoms with Crippen molar-refractivity contribution in [1.29, 1.82) is 0 Å². The Balaban J connectivity index is 1.35. The second-order valence-corrected chi connectivity index (χ2v) is 10.2. The van der Waals surface area contributed by atoms with E-state index in [9.17, 15) is 14.0 Å². The van der Waals surface area contributed by atoms with Gasteiger partial charge in [-0.2, -0.15) is 0 Å². The minimum Gasteiger partial charge on any atom is -0.368 e. The first-order chi connectivity index (χ1) is 18.3. The molecular formula is C28H30Cl2FN5O2. The van der Waals surface area contributed by atoms with E-state index in [4.69, 9.17) is 28.9 Å². The number of para-hydroxylation sites is 1. The lowest BCUT2D eigenvalue weighted by Gasteiger charge is -2.39. The molecule has 1 saturated heterocycles. The fourth-order valence-corrected chi connectivity index (χ4v) is 5.35. The summed E-state index contributed by atoms with van der Waals surface area (Å²) in [5.41, 5.74) is 8.20. The highest BCUT2D eigenvalue weighted by Gasteiger charge is 2.31. The van der Waals surface area contributed by atoms with Crippen LogP contribution < -0.4 is 11.1 Å². The molecule has 0 aliphatic carbocycles. The number of halogens is 3. The number of benzene rings is 2. The zero-order valence-electron chi connectivity index (χ0n) is 20.8. The van der Waals surface area contributed by atoms with Crippen molar-refractivity contribution in [2.24, 2.45) is 5.73 Å². The van der Waals surface area contributed by atoms with Crippen LogP contribution in [0, 0.1) is 5.82 Å². The molecule has 1 aromatic heterocycles. The zero-order valence-corrected chi connectivity index (χ0v) is 22.3. The molecule has 0 radical (unpaired) electrons. The Kier molecular flexibility index (Phi) is 9.69. The molecule has 2 aromatic carbocycles. The van der Waals surface area contributed by atoms with Gasteiger partial charge in [-0.05, 0) is 60.8 Å². The van der Waals surface area contributed by atoms with Gasteiger partial charge in [-0.3, -0.25) is 24.4 Å². The monoisotopic (exact) mass is 557 g/mol. The molecule has 200 valence electrons. The maximum absolute atomic E-state index is 13.5. The Hall–Kier alpha value is -3.04. The predicted molar refractivity (Wildman–Crippen MR) is 148 cm³/mol. The van der Waals surface area contributed by atoms with Crippen LogP contribution in [0.4, 0.5) is 10.1 Å². The summed E-state index contributed by atoms with van der Waals surface area (Å²) in [5, 5.41) is 3.47. The lowest BCUT2D eigenvalue weighted by Crippen LogP contribution is -2.59. The van der Waals surface area contributed by atoms with E-state index in [1.807, 2.05) is 23.2 Å². The van der Waals surface area contributed by atoms with Gasteiger partial charge in [0, 0.05) is 37.9 Å². The quantitative estimate of drug-likeness (QED) is 0.381. The molecule has 1 aliphatic heterocycles. The molecule has 1 aliphatic rings. The second-order valence-electron chi connectivity index (χ2n) is 9.37. The number of piperazine rings is 1. The lowest BCUT2D eigenvalue weighted by molar-refractivity contribution is -0.127. The van der Waals surface area contributed by atoms with Crippen molar-refractivity contribution in [3.8, 4) is 0 Å². The van der Waals surface area contributed by atoms with Crippen LogP contribution >= 0.6 is 23.2 Å². The zero-order chi connectivity index (χ0) is 27.1. The molecule has 10 heteroatoms. The third-order valence-electron chi connectivity index (χ3n) is 6.80. The fraction of sp³-hybridized carbons (Fsp3) is 0.321. The molecule has 7 nitrogen and oxygen atoms in total. The molecule has 2 heterocycles. The average Bonchev–Trinajstić information content (AvgIpc) is 2.90. The van der Waals surface area contributed by atoms with Crippen molar-refractivity contribution >= 4 is 40.7 Å². The van der Waals surface area contributed by atoms with Gasteiger partial charge in [-0.25, -0.2) is 4.39 Å². The summed E-state index contributed by atoms with van der Waals surface area (Å²) in [6.45, 7) is 2.32. The molecule has 1 fully saturated rings. The molecule has 2 amide bonds. The van der Waals surface area contributed by atoms with Crippen LogP contribution in [0.5, 0.6) is 0 Å². The van der Waals surface area contributed by atoms with Crippen molar-refractivity contribution in [3.05, 3.63) is 94.0 Å². The third-order valence-corrected chi connectivity index (χ3v) is 7.43. The number of anilines is 1. The van der Waals surface area contributed by atoms with E-state index in [0.29, 0.717) is 41.9 Å². The molecule has 0 spiro atoms. The first-order valence-corrected chi connectivity index (χ1v) is 13.2. The van der Waals surface area contributed by atoms with E-state index in [0.717, 1.165) is 24.0 Å². The third kappa shape index (κ3) is 7.29. The summed E-state index contributed by atoms with van der Waals surface area (Å²) in [7, 11) is 0. The number of hydrogen-bond acceptors (Lipinski definition) is 5. The average molecular weight is 558 g/mol. The molecule has 4 rings (SSSR count). The van der Waals surface area contributed by atoms with E-state index in [1.54, 1.807) is 36.5 Å². The SMILES string of the molecule is NC(=O)C1CN(CC(=O)Nc2c(Cl)cccc2Cl)CCN1CCCC(c1ccc(F)cc1)c1cccnc1. The van der Waals surface area contributed by atoms with Gasteiger partial charge in [0.05, 0.1) is 22.3 Å². The molecule has 3 N–H and O–H groups in total. The number of carbonyl (C=O) groups is 2. The van der Waals surface area contributed by atoms with Gasteiger partial charge in [0.2, 0.25) is 11.8 Å². The number of primary amides is 1. The van der Waals surface area contributed by atoms with Crippen molar-refractivity contribution in [1.82, 2.24) is 14.8 Å². The molecule has 38 heavy (non-hydrogen) atoms. The smallest absolute Gasteiger partial charge is 0.238 e. The van der Waals surface area contributed by atoms with Gasteiger partial charge in [0.1, 0.15) is 11.9 Å². The van der Waals surface area contributed by atoms with Crippen LogP contribution in [0.2, 0.25) is 10.0 Å². The summed E-state index contributed by atoms with van der Waals surface area (Å²) in [4.78, 5) is 33.2. The summed E-state index contributed by atoms with van der Waals surface area (Å²) in [6, 6.07) is 15.0. The minimum absolute atomic E-state index is 0.0537. The maximum Gasteiger partial charge on any atom is 0.238 e. The number of nitrogens with two attached hydrogens (primary N) is 1. The van der Waals surface area contributed by atoms with Crippen LogP contribution in [-0.2, 0) is 9.59 Å². The highest BCUT2D eigenvalue weighted by atomic mass is 35.5. The lowest BCUT2D eigenvalue weighted by atomic mass is 9.88. The molecular weight excluding hydrogens is 528 g/mol. The molecule has 2 atom stereocenters. The first kappa shape index (κ1) is 28.0. The van der Waals surface area contributed by atoms with Gasteiger partial charge >= 0.3 is 0 Å². The Labute approximate surface area is 231 Å². The number of hydrogen-bond donors (Lipinski definition) is 2. The van der Waals surface area contributed by atoms with Crippen LogP contribution in [0.3, 0.4) is 0 Å². The number of amides is 2.